The number of alkyl halides is 6. The predicted octanol–water partition coefficient (Wildman–Crippen LogP) is 8.08. The smallest absolute Gasteiger partial charge is 0.321 e. The van der Waals surface area contributed by atoms with Gasteiger partial charge in [0.05, 0.1) is 23.2 Å². The second-order valence-electron chi connectivity index (χ2n) is 10.9. The summed E-state index contributed by atoms with van der Waals surface area (Å²) in [4.78, 5) is 13.3. The van der Waals surface area contributed by atoms with Gasteiger partial charge >= 0.3 is 12.4 Å². The lowest BCUT2D eigenvalue weighted by molar-refractivity contribution is -0.138. The van der Waals surface area contributed by atoms with Crippen molar-refractivity contribution in [3.63, 3.8) is 0 Å². The summed E-state index contributed by atoms with van der Waals surface area (Å²) in [6, 6.07) is 28.7. The minimum Gasteiger partial charge on any atom is -0.321 e. The summed E-state index contributed by atoms with van der Waals surface area (Å²) in [5.41, 5.74) is 0.990. The van der Waals surface area contributed by atoms with Crippen LogP contribution in [0.1, 0.15) is 22.3 Å². The van der Waals surface area contributed by atoms with Crippen molar-refractivity contribution in [2.45, 2.75) is 37.3 Å². The largest absolute Gasteiger partial charge is 0.416 e. The summed E-state index contributed by atoms with van der Waals surface area (Å²) in [5.74, 6) is 0.663. The van der Waals surface area contributed by atoms with Gasteiger partial charge in [-0.1, -0.05) is 72.8 Å². The fraction of sp³-hybridized carbons (Fsp3) is 0.235. The third kappa shape index (κ3) is 6.49. The topological polar surface area (TPSA) is 31.2 Å². The van der Waals surface area contributed by atoms with Gasteiger partial charge in [0.25, 0.3) is 0 Å². The van der Waals surface area contributed by atoms with Crippen LogP contribution in [0.15, 0.2) is 119 Å². The number of anilines is 2. The summed E-state index contributed by atoms with van der Waals surface area (Å²) in [6.07, 6.45) is -8.04. The zero-order chi connectivity index (χ0) is 30.9. The number of benzene rings is 4. The molecular weight excluding hydrogens is 578 g/mol. The minimum absolute atomic E-state index is 0.282. The van der Waals surface area contributed by atoms with Crippen molar-refractivity contribution in [1.29, 1.82) is 0 Å². The molecule has 0 saturated carbocycles. The lowest BCUT2D eigenvalue weighted by Gasteiger charge is -2.27. The molecule has 2 aliphatic rings. The molecule has 0 unspecified atom stereocenters. The number of rotatable bonds is 7. The number of aliphatic imine (C=N–C) groups is 2. The zero-order valence-corrected chi connectivity index (χ0v) is 23.4. The van der Waals surface area contributed by atoms with Crippen molar-refractivity contribution >= 4 is 23.0 Å². The van der Waals surface area contributed by atoms with Crippen LogP contribution >= 0.6 is 0 Å². The maximum Gasteiger partial charge on any atom is 0.416 e. The van der Waals surface area contributed by atoms with Crippen molar-refractivity contribution in [3.05, 3.63) is 131 Å². The highest BCUT2D eigenvalue weighted by Gasteiger charge is 2.39. The van der Waals surface area contributed by atoms with Gasteiger partial charge in [-0.3, -0.25) is 9.98 Å². The first kappa shape index (κ1) is 29.5. The Labute approximate surface area is 251 Å². The normalized spacial score (nSPS) is 18.9. The van der Waals surface area contributed by atoms with Crippen molar-refractivity contribution in [3.8, 4) is 0 Å². The van der Waals surface area contributed by atoms with Gasteiger partial charge in [0.1, 0.15) is 0 Å². The molecule has 4 aromatic carbocycles. The van der Waals surface area contributed by atoms with Crippen LogP contribution in [0.2, 0.25) is 0 Å². The van der Waals surface area contributed by atoms with E-state index in [1.165, 1.54) is 12.1 Å². The quantitative estimate of drug-likeness (QED) is 0.199. The third-order valence-corrected chi connectivity index (χ3v) is 7.71. The number of nitrogens with zero attached hydrogens (tertiary/aromatic N) is 4. The molecule has 0 radical (unpaired) electrons. The third-order valence-electron chi connectivity index (χ3n) is 7.71. The average Bonchev–Trinajstić information content (AvgIpc) is 3.62. The second-order valence-corrected chi connectivity index (χ2v) is 10.9. The Balaban J connectivity index is 1.43. The molecule has 4 aromatic rings. The molecule has 0 aromatic heterocycles. The number of amidine groups is 2. The second kappa shape index (κ2) is 11.8. The van der Waals surface area contributed by atoms with E-state index in [1.54, 1.807) is 21.9 Å². The van der Waals surface area contributed by atoms with E-state index in [1.807, 2.05) is 60.7 Å². The van der Waals surface area contributed by atoms with E-state index in [2.05, 4.69) is 0 Å². The van der Waals surface area contributed by atoms with E-state index in [4.69, 9.17) is 9.98 Å². The van der Waals surface area contributed by atoms with Gasteiger partial charge in [0.15, 0.2) is 11.7 Å². The minimum atomic E-state index is -4.55. The lowest BCUT2D eigenvalue weighted by Crippen LogP contribution is -2.42. The van der Waals surface area contributed by atoms with Crippen LogP contribution in [-0.2, 0) is 25.2 Å². The monoisotopic (exact) mass is 606 g/mol. The Kier molecular flexibility index (Phi) is 7.92. The molecule has 0 saturated heterocycles. The van der Waals surface area contributed by atoms with Crippen LogP contribution in [0.4, 0.5) is 37.7 Å². The van der Waals surface area contributed by atoms with Gasteiger partial charge in [0.2, 0.25) is 0 Å². The molecule has 0 N–H and O–H groups in total. The molecule has 0 amide bonds. The van der Waals surface area contributed by atoms with Gasteiger partial charge in [-0.25, -0.2) is 0 Å². The van der Waals surface area contributed by atoms with Crippen LogP contribution in [0.3, 0.4) is 0 Å². The zero-order valence-electron chi connectivity index (χ0n) is 23.4. The maximum atomic E-state index is 13.7. The lowest BCUT2D eigenvalue weighted by atomic mass is 10.1. The fourth-order valence-corrected chi connectivity index (χ4v) is 5.67. The predicted molar refractivity (Wildman–Crippen MR) is 160 cm³/mol. The Morgan fingerprint density at radius 2 is 0.909 bits per heavy atom. The molecule has 2 aliphatic heterocycles. The van der Waals surface area contributed by atoms with E-state index in [-0.39, 0.29) is 36.5 Å². The number of halogens is 6. The van der Waals surface area contributed by atoms with Crippen molar-refractivity contribution in [2.75, 3.05) is 22.9 Å². The van der Waals surface area contributed by atoms with Crippen LogP contribution in [0.5, 0.6) is 0 Å². The molecule has 10 heteroatoms. The summed E-state index contributed by atoms with van der Waals surface area (Å²) < 4.78 is 82.3. The first-order valence-corrected chi connectivity index (χ1v) is 14.2. The van der Waals surface area contributed by atoms with Gasteiger partial charge in [0, 0.05) is 24.5 Å². The van der Waals surface area contributed by atoms with E-state index >= 15 is 0 Å². The molecule has 4 nitrogen and oxygen atoms in total. The molecule has 44 heavy (non-hydrogen) atoms. The number of hydrogen-bond donors (Lipinski definition) is 0. The highest BCUT2D eigenvalue weighted by atomic mass is 19.4. The Morgan fingerprint density at radius 3 is 1.27 bits per heavy atom. The van der Waals surface area contributed by atoms with Gasteiger partial charge < -0.3 is 9.80 Å². The van der Waals surface area contributed by atoms with Gasteiger partial charge in [-0.05, 0) is 60.4 Å². The summed E-state index contributed by atoms with van der Waals surface area (Å²) >= 11 is 0. The molecule has 226 valence electrons. The van der Waals surface area contributed by atoms with Crippen molar-refractivity contribution in [1.82, 2.24) is 0 Å². The molecule has 0 aliphatic carbocycles. The maximum absolute atomic E-state index is 13.7. The Morgan fingerprint density at radius 1 is 0.523 bits per heavy atom. The molecule has 6 rings (SSSR count). The van der Waals surface area contributed by atoms with Gasteiger partial charge in [-0.15, -0.1) is 0 Å². The number of hydrogen-bond acceptors (Lipinski definition) is 4. The molecular formula is C34H28F6N4. The molecule has 0 fully saturated rings. The van der Waals surface area contributed by atoms with Crippen LogP contribution in [-0.4, -0.2) is 36.8 Å². The van der Waals surface area contributed by atoms with Gasteiger partial charge in [-0.2, -0.15) is 26.3 Å². The molecule has 2 heterocycles. The first-order valence-electron chi connectivity index (χ1n) is 14.2. The Bertz CT molecular complexity index is 1540. The van der Waals surface area contributed by atoms with E-state index in [9.17, 15) is 26.3 Å². The molecule has 0 spiro atoms. The summed E-state index contributed by atoms with van der Waals surface area (Å²) in [6.45, 7) is 0.564. The first-order chi connectivity index (χ1) is 21.0. The highest BCUT2D eigenvalue weighted by Crippen LogP contribution is 2.36. The SMILES string of the molecule is FC(F)(F)c1cccc(N2C[C@H](Cc3ccccc3)N=C2C2=N[C@@H](Cc3ccccc3)CN2c2cccc(C(F)(F)F)c2)c1. The van der Waals surface area contributed by atoms with E-state index < -0.39 is 23.5 Å². The van der Waals surface area contributed by atoms with Crippen LogP contribution in [0.25, 0.3) is 0 Å². The Hall–Kier alpha value is -4.60. The van der Waals surface area contributed by atoms with E-state index in [0.717, 1.165) is 35.4 Å². The highest BCUT2D eigenvalue weighted by molar-refractivity contribution is 6.50. The molecule has 0 bridgehead atoms. The summed E-state index contributed by atoms with van der Waals surface area (Å²) in [7, 11) is 0. The van der Waals surface area contributed by atoms with Crippen LogP contribution in [0, 0.1) is 0 Å². The van der Waals surface area contributed by atoms with Crippen molar-refractivity contribution in [2.24, 2.45) is 9.98 Å². The van der Waals surface area contributed by atoms with E-state index in [0.29, 0.717) is 24.5 Å². The summed E-state index contributed by atoms with van der Waals surface area (Å²) in [5, 5.41) is 0. The standard InChI is InChI=1S/C34H28F6N4/c35-33(36,37)25-13-7-15-29(19-25)43-21-27(17-23-9-3-1-4-10-23)41-31(43)32-42-28(18-24-11-5-2-6-12-24)22-44(32)30-16-8-14-26(20-30)34(38,39)40/h1-16,19-20,27-28H,17-18,21-22H2/t27-,28-/m0/s1. The fourth-order valence-electron chi connectivity index (χ4n) is 5.67. The van der Waals surface area contributed by atoms with Crippen LogP contribution < -0.4 is 9.80 Å². The van der Waals surface area contributed by atoms with Crippen molar-refractivity contribution < 1.29 is 26.3 Å². The average molecular weight is 607 g/mol. The molecule has 2 atom stereocenters.